The molecule has 0 aliphatic carbocycles. The highest BCUT2D eigenvalue weighted by Gasteiger charge is 2.32. The molecule has 1 aliphatic rings. The molecule has 3 aromatic rings. The number of carbonyl (C=O) groups excluding carboxylic acids is 2. The van der Waals surface area contributed by atoms with E-state index < -0.39 is 11.6 Å². The molecule has 190 valence electrons. The molecular weight excluding hydrogens is 498 g/mol. The van der Waals surface area contributed by atoms with Crippen molar-refractivity contribution in [3.8, 4) is 5.00 Å². The number of nitrogens with one attached hydrogen (secondary N) is 1. The fraction of sp³-hybridized carbons (Fsp3) is 0.423. The SMILES string of the molecule is Cc1sc2c(c1C)C(c1ccc(Cl)cc1)=N[C@@H](CC(=O)NCCC(=O)OC(C)(C)C)c1nnc(C)n1-2. The van der Waals surface area contributed by atoms with Crippen molar-refractivity contribution in [1.82, 2.24) is 20.1 Å². The van der Waals surface area contributed by atoms with E-state index in [4.69, 9.17) is 21.3 Å². The highest BCUT2D eigenvalue weighted by Crippen LogP contribution is 2.39. The van der Waals surface area contributed by atoms with E-state index in [2.05, 4.69) is 29.4 Å². The second-order valence-corrected chi connectivity index (χ2v) is 11.4. The summed E-state index contributed by atoms with van der Waals surface area (Å²) in [7, 11) is 0. The number of ether oxygens (including phenoxy) is 1. The number of amides is 1. The van der Waals surface area contributed by atoms with Crippen molar-refractivity contribution in [3.63, 3.8) is 0 Å². The molecule has 1 aromatic carbocycles. The second kappa shape index (κ2) is 10.1. The van der Waals surface area contributed by atoms with Gasteiger partial charge in [-0.3, -0.25) is 19.1 Å². The molecule has 0 saturated carbocycles. The minimum atomic E-state index is -0.563. The number of fused-ring (bicyclic) bond motifs is 3. The maximum Gasteiger partial charge on any atom is 0.308 e. The van der Waals surface area contributed by atoms with Gasteiger partial charge in [0.05, 0.1) is 18.6 Å². The fourth-order valence-electron chi connectivity index (χ4n) is 4.08. The number of hydrogen-bond acceptors (Lipinski definition) is 7. The highest BCUT2D eigenvalue weighted by molar-refractivity contribution is 7.15. The van der Waals surface area contributed by atoms with E-state index in [-0.39, 0.29) is 31.3 Å². The van der Waals surface area contributed by atoms with Crippen LogP contribution in [0.4, 0.5) is 0 Å². The average molecular weight is 528 g/mol. The van der Waals surface area contributed by atoms with Crippen molar-refractivity contribution >= 4 is 40.5 Å². The number of aliphatic imine (C=N–C) groups is 1. The van der Waals surface area contributed by atoms with Crippen molar-refractivity contribution in [2.75, 3.05) is 6.54 Å². The Morgan fingerprint density at radius 3 is 2.50 bits per heavy atom. The van der Waals surface area contributed by atoms with Crippen molar-refractivity contribution < 1.29 is 14.3 Å². The molecule has 1 N–H and O–H groups in total. The zero-order valence-electron chi connectivity index (χ0n) is 21.3. The summed E-state index contributed by atoms with van der Waals surface area (Å²) in [5.41, 5.74) is 3.28. The van der Waals surface area contributed by atoms with E-state index in [0.29, 0.717) is 10.8 Å². The van der Waals surface area contributed by atoms with Gasteiger partial charge in [-0.25, -0.2) is 0 Å². The van der Waals surface area contributed by atoms with Crippen molar-refractivity contribution in [1.29, 1.82) is 0 Å². The zero-order chi connectivity index (χ0) is 26.2. The summed E-state index contributed by atoms with van der Waals surface area (Å²) >= 11 is 7.81. The molecular formula is C26H30ClN5O3S. The van der Waals surface area contributed by atoms with E-state index in [1.807, 2.05) is 56.5 Å². The Bertz CT molecular complexity index is 1330. The van der Waals surface area contributed by atoms with Gasteiger partial charge in [-0.1, -0.05) is 23.7 Å². The minimum absolute atomic E-state index is 0.0660. The Morgan fingerprint density at radius 2 is 1.83 bits per heavy atom. The maximum absolute atomic E-state index is 12.9. The van der Waals surface area contributed by atoms with Crippen molar-refractivity contribution in [2.45, 2.75) is 66.0 Å². The summed E-state index contributed by atoms with van der Waals surface area (Å²) in [5, 5.41) is 13.2. The van der Waals surface area contributed by atoms with Crippen LogP contribution in [0.15, 0.2) is 29.3 Å². The predicted molar refractivity (Wildman–Crippen MR) is 141 cm³/mol. The lowest BCUT2D eigenvalue weighted by Crippen LogP contribution is -2.30. The highest BCUT2D eigenvalue weighted by atomic mass is 35.5. The van der Waals surface area contributed by atoms with Gasteiger partial charge in [0.2, 0.25) is 5.91 Å². The van der Waals surface area contributed by atoms with Crippen LogP contribution < -0.4 is 5.32 Å². The fourth-order valence-corrected chi connectivity index (χ4v) is 5.42. The Hall–Kier alpha value is -3.04. The van der Waals surface area contributed by atoms with Crippen LogP contribution in [0.3, 0.4) is 0 Å². The summed E-state index contributed by atoms with van der Waals surface area (Å²) in [4.78, 5) is 31.2. The molecule has 0 saturated heterocycles. The number of nitrogens with zero attached hydrogens (tertiary/aromatic N) is 4. The standard InChI is InChI=1S/C26H30ClN5O3S/c1-14-15(2)36-25-22(14)23(17-7-9-18(27)10-8-17)29-19(24-31-30-16(3)32(24)25)13-20(33)28-12-11-21(34)35-26(4,5)6/h7-10,19H,11-13H2,1-6H3,(H,28,33)/t19-/m0/s1. The Balaban J connectivity index is 1.65. The van der Waals surface area contributed by atoms with Gasteiger partial charge in [0.1, 0.15) is 22.5 Å². The van der Waals surface area contributed by atoms with E-state index in [1.54, 1.807) is 11.3 Å². The lowest BCUT2D eigenvalue weighted by molar-refractivity contribution is -0.154. The molecule has 2 aromatic heterocycles. The molecule has 0 fully saturated rings. The monoisotopic (exact) mass is 527 g/mol. The maximum atomic E-state index is 12.9. The van der Waals surface area contributed by atoms with Crippen LogP contribution in [0.25, 0.3) is 5.00 Å². The third-order valence-electron chi connectivity index (χ3n) is 5.81. The quantitative estimate of drug-likeness (QED) is 0.453. The van der Waals surface area contributed by atoms with Crippen LogP contribution in [0.2, 0.25) is 5.02 Å². The molecule has 36 heavy (non-hydrogen) atoms. The molecule has 1 aliphatic heterocycles. The molecule has 0 spiro atoms. The van der Waals surface area contributed by atoms with Crippen molar-refractivity contribution in [2.24, 2.45) is 4.99 Å². The Morgan fingerprint density at radius 1 is 1.14 bits per heavy atom. The van der Waals surface area contributed by atoms with Crippen LogP contribution in [-0.4, -0.2) is 44.5 Å². The molecule has 4 rings (SSSR count). The predicted octanol–water partition coefficient (Wildman–Crippen LogP) is 5.04. The van der Waals surface area contributed by atoms with E-state index >= 15 is 0 Å². The van der Waals surface area contributed by atoms with Gasteiger partial charge < -0.3 is 10.1 Å². The normalized spacial score (nSPS) is 15.0. The van der Waals surface area contributed by atoms with Crippen LogP contribution >= 0.6 is 22.9 Å². The lowest BCUT2D eigenvalue weighted by atomic mass is 9.99. The van der Waals surface area contributed by atoms with Crippen LogP contribution in [0, 0.1) is 20.8 Å². The van der Waals surface area contributed by atoms with Gasteiger partial charge in [-0.15, -0.1) is 21.5 Å². The first kappa shape index (κ1) is 26.0. The summed E-state index contributed by atoms with van der Waals surface area (Å²) in [6, 6.07) is 6.99. The third kappa shape index (κ3) is 5.52. The molecule has 3 heterocycles. The number of aryl methyl sites for hydroxylation is 2. The lowest BCUT2D eigenvalue weighted by Gasteiger charge is -2.19. The van der Waals surface area contributed by atoms with E-state index in [9.17, 15) is 9.59 Å². The summed E-state index contributed by atoms with van der Waals surface area (Å²) in [6.45, 7) is 11.7. The minimum Gasteiger partial charge on any atom is -0.460 e. The largest absolute Gasteiger partial charge is 0.460 e. The summed E-state index contributed by atoms with van der Waals surface area (Å²) in [5.74, 6) is 0.760. The first-order valence-electron chi connectivity index (χ1n) is 11.8. The van der Waals surface area contributed by atoms with Gasteiger partial charge in [-0.05, 0) is 59.2 Å². The van der Waals surface area contributed by atoms with Gasteiger partial charge >= 0.3 is 5.97 Å². The number of hydrogen-bond donors (Lipinski definition) is 1. The van der Waals surface area contributed by atoms with Gasteiger partial charge in [0.15, 0.2) is 5.82 Å². The average Bonchev–Trinajstić information content (AvgIpc) is 3.25. The zero-order valence-corrected chi connectivity index (χ0v) is 22.9. The van der Waals surface area contributed by atoms with Gasteiger partial charge in [-0.2, -0.15) is 0 Å². The molecule has 8 nitrogen and oxygen atoms in total. The first-order chi connectivity index (χ1) is 16.9. The number of esters is 1. The van der Waals surface area contributed by atoms with Crippen molar-refractivity contribution in [3.05, 3.63) is 62.5 Å². The molecule has 1 atom stereocenters. The van der Waals surface area contributed by atoms with Crippen LogP contribution in [0.1, 0.15) is 72.9 Å². The summed E-state index contributed by atoms with van der Waals surface area (Å²) in [6.07, 6.45) is 0.161. The number of thiophene rings is 1. The van der Waals surface area contributed by atoms with E-state index in [0.717, 1.165) is 33.2 Å². The molecule has 10 heteroatoms. The second-order valence-electron chi connectivity index (χ2n) is 9.80. The number of carbonyl (C=O) groups is 2. The third-order valence-corrected chi connectivity index (χ3v) is 7.25. The molecule has 0 radical (unpaired) electrons. The molecule has 0 bridgehead atoms. The topological polar surface area (TPSA) is 98.5 Å². The number of rotatable bonds is 6. The molecule has 1 amide bonds. The van der Waals surface area contributed by atoms with E-state index in [1.165, 1.54) is 4.88 Å². The summed E-state index contributed by atoms with van der Waals surface area (Å²) < 4.78 is 7.32. The number of halogens is 1. The van der Waals surface area contributed by atoms with Gasteiger partial charge in [0.25, 0.3) is 0 Å². The van der Waals surface area contributed by atoms with Gasteiger partial charge in [0, 0.05) is 27.6 Å². The first-order valence-corrected chi connectivity index (χ1v) is 13.0. The smallest absolute Gasteiger partial charge is 0.308 e. The Kier molecular flexibility index (Phi) is 7.33. The van der Waals surface area contributed by atoms with Crippen LogP contribution in [0.5, 0.6) is 0 Å². The van der Waals surface area contributed by atoms with Crippen LogP contribution in [-0.2, 0) is 14.3 Å². The Labute approximate surface area is 219 Å². The number of aromatic nitrogens is 3. The molecule has 0 unspecified atom stereocenters. The number of benzene rings is 1.